The second-order valence-electron chi connectivity index (χ2n) is 4.36. The molecular formula is C13H20N2O6. The van der Waals surface area contributed by atoms with E-state index < -0.39 is 24.5 Å². The minimum absolute atomic E-state index is 0.0808. The van der Waals surface area contributed by atoms with Crippen molar-refractivity contribution in [3.8, 4) is 0 Å². The molecule has 0 aromatic rings. The first-order valence-electron chi connectivity index (χ1n) is 6.73. The van der Waals surface area contributed by atoms with E-state index in [0.29, 0.717) is 13.2 Å². The minimum Gasteiger partial charge on any atom is -0.493 e. The maximum absolute atomic E-state index is 11.6. The summed E-state index contributed by atoms with van der Waals surface area (Å²) in [5, 5.41) is 5.07. The predicted molar refractivity (Wildman–Crippen MR) is 71.9 cm³/mol. The normalized spacial score (nSPS) is 14.9. The van der Waals surface area contributed by atoms with E-state index in [0.717, 1.165) is 12.7 Å². The van der Waals surface area contributed by atoms with Gasteiger partial charge in [0.25, 0.3) is 5.91 Å². The second kappa shape index (κ2) is 8.83. The summed E-state index contributed by atoms with van der Waals surface area (Å²) in [5.74, 6) is -1.72. The van der Waals surface area contributed by atoms with Crippen LogP contribution in [0.5, 0.6) is 0 Å². The summed E-state index contributed by atoms with van der Waals surface area (Å²) >= 11 is 0. The van der Waals surface area contributed by atoms with Crippen molar-refractivity contribution in [3.63, 3.8) is 0 Å². The van der Waals surface area contributed by atoms with Crippen LogP contribution in [-0.2, 0) is 28.6 Å². The lowest BCUT2D eigenvalue weighted by Gasteiger charge is -2.15. The van der Waals surface area contributed by atoms with Crippen LogP contribution in [0.4, 0.5) is 0 Å². The molecule has 0 radical (unpaired) electrons. The number of carbonyl (C=O) groups is 3. The highest BCUT2D eigenvalue weighted by molar-refractivity contribution is 5.90. The Bertz CT molecular complexity index is 421. The lowest BCUT2D eigenvalue weighted by molar-refractivity contribution is -0.149. The SMILES string of the molecule is CCCNC(=O)[C@H](C)NC(=O)COC(=O)C1=COCCO1. The predicted octanol–water partition coefficient (Wildman–Crippen LogP) is -0.551. The van der Waals surface area contributed by atoms with Crippen LogP contribution in [0.15, 0.2) is 12.0 Å². The lowest BCUT2D eigenvalue weighted by atomic mass is 10.3. The standard InChI is InChI=1S/C13H20N2O6/c1-3-4-14-12(17)9(2)15-11(16)8-21-13(18)10-7-19-5-6-20-10/h7,9H,3-6,8H2,1-2H3,(H,14,17)(H,15,16)/t9-/m0/s1. The number of ether oxygens (including phenoxy) is 3. The third kappa shape index (κ3) is 6.15. The summed E-state index contributed by atoms with van der Waals surface area (Å²) < 4.78 is 14.7. The molecular weight excluding hydrogens is 280 g/mol. The van der Waals surface area contributed by atoms with Crippen LogP contribution < -0.4 is 10.6 Å². The van der Waals surface area contributed by atoms with Crippen LogP contribution in [0, 0.1) is 0 Å². The average molecular weight is 300 g/mol. The zero-order chi connectivity index (χ0) is 15.7. The van der Waals surface area contributed by atoms with Gasteiger partial charge in [-0.3, -0.25) is 9.59 Å². The molecule has 0 saturated carbocycles. The summed E-state index contributed by atoms with van der Waals surface area (Å²) in [4.78, 5) is 34.6. The van der Waals surface area contributed by atoms with Gasteiger partial charge in [0.2, 0.25) is 11.7 Å². The number of carbonyl (C=O) groups excluding carboxylic acids is 3. The molecule has 1 heterocycles. The maximum atomic E-state index is 11.6. The van der Waals surface area contributed by atoms with Gasteiger partial charge in [0.05, 0.1) is 0 Å². The van der Waals surface area contributed by atoms with Crippen LogP contribution in [-0.4, -0.2) is 50.2 Å². The highest BCUT2D eigenvalue weighted by Crippen LogP contribution is 2.05. The highest BCUT2D eigenvalue weighted by Gasteiger charge is 2.19. The van der Waals surface area contributed by atoms with Crippen molar-refractivity contribution in [3.05, 3.63) is 12.0 Å². The van der Waals surface area contributed by atoms with E-state index in [9.17, 15) is 14.4 Å². The molecule has 1 rings (SSSR count). The molecule has 0 aliphatic carbocycles. The lowest BCUT2D eigenvalue weighted by Crippen LogP contribution is -2.46. The first-order chi connectivity index (χ1) is 10.0. The number of esters is 1. The van der Waals surface area contributed by atoms with Crippen LogP contribution in [0.25, 0.3) is 0 Å². The molecule has 0 bridgehead atoms. The van der Waals surface area contributed by atoms with Gasteiger partial charge < -0.3 is 24.8 Å². The van der Waals surface area contributed by atoms with Crippen molar-refractivity contribution in [1.82, 2.24) is 10.6 Å². The van der Waals surface area contributed by atoms with Gasteiger partial charge in [0, 0.05) is 6.54 Å². The zero-order valence-corrected chi connectivity index (χ0v) is 12.1. The third-order valence-corrected chi connectivity index (χ3v) is 2.50. The molecule has 1 aliphatic heterocycles. The summed E-state index contributed by atoms with van der Waals surface area (Å²) in [6.45, 7) is 4.13. The van der Waals surface area contributed by atoms with Crippen molar-refractivity contribution in [2.24, 2.45) is 0 Å². The van der Waals surface area contributed by atoms with Gasteiger partial charge in [-0.05, 0) is 13.3 Å². The van der Waals surface area contributed by atoms with Crippen molar-refractivity contribution < 1.29 is 28.6 Å². The summed E-state index contributed by atoms with van der Waals surface area (Å²) in [6.07, 6.45) is 1.95. The van der Waals surface area contributed by atoms with Crippen LogP contribution in [0.1, 0.15) is 20.3 Å². The summed E-state index contributed by atoms with van der Waals surface area (Å²) in [7, 11) is 0. The maximum Gasteiger partial charge on any atom is 0.377 e. The Morgan fingerprint density at radius 2 is 2.14 bits per heavy atom. The van der Waals surface area contributed by atoms with E-state index in [1.165, 1.54) is 0 Å². The van der Waals surface area contributed by atoms with E-state index in [1.54, 1.807) is 6.92 Å². The van der Waals surface area contributed by atoms with Gasteiger partial charge in [0.1, 0.15) is 25.5 Å². The van der Waals surface area contributed by atoms with Crippen LogP contribution in [0.2, 0.25) is 0 Å². The molecule has 0 unspecified atom stereocenters. The number of nitrogens with one attached hydrogen (secondary N) is 2. The second-order valence-corrected chi connectivity index (χ2v) is 4.36. The number of amides is 2. The molecule has 0 aromatic carbocycles. The fourth-order valence-corrected chi connectivity index (χ4v) is 1.43. The molecule has 0 aromatic heterocycles. The molecule has 8 heteroatoms. The molecule has 2 amide bonds. The van der Waals surface area contributed by atoms with E-state index >= 15 is 0 Å². The quantitative estimate of drug-likeness (QED) is 0.611. The molecule has 1 aliphatic rings. The minimum atomic E-state index is -0.784. The van der Waals surface area contributed by atoms with Gasteiger partial charge in [-0.25, -0.2) is 4.79 Å². The molecule has 8 nitrogen and oxygen atoms in total. The number of hydrogen-bond acceptors (Lipinski definition) is 6. The van der Waals surface area contributed by atoms with Crippen LogP contribution in [0.3, 0.4) is 0 Å². The summed E-state index contributed by atoms with van der Waals surface area (Å²) in [6, 6.07) is -0.698. The Morgan fingerprint density at radius 3 is 2.76 bits per heavy atom. The first-order valence-corrected chi connectivity index (χ1v) is 6.73. The zero-order valence-electron chi connectivity index (χ0n) is 12.1. The molecule has 0 spiro atoms. The monoisotopic (exact) mass is 300 g/mol. The smallest absolute Gasteiger partial charge is 0.377 e. The number of hydrogen-bond donors (Lipinski definition) is 2. The molecule has 21 heavy (non-hydrogen) atoms. The topological polar surface area (TPSA) is 103 Å². The van der Waals surface area contributed by atoms with Crippen molar-refractivity contribution in [2.45, 2.75) is 26.3 Å². The Labute approximate surface area is 122 Å². The largest absolute Gasteiger partial charge is 0.493 e. The van der Waals surface area contributed by atoms with E-state index in [2.05, 4.69) is 10.6 Å². The van der Waals surface area contributed by atoms with Gasteiger partial charge in [-0.1, -0.05) is 6.92 Å². The van der Waals surface area contributed by atoms with E-state index in [-0.39, 0.29) is 18.3 Å². The van der Waals surface area contributed by atoms with E-state index in [4.69, 9.17) is 14.2 Å². The fourth-order valence-electron chi connectivity index (χ4n) is 1.43. The van der Waals surface area contributed by atoms with Crippen LogP contribution >= 0.6 is 0 Å². The summed E-state index contributed by atoms with van der Waals surface area (Å²) in [5.41, 5.74) is 0. The van der Waals surface area contributed by atoms with Gasteiger partial charge in [0.15, 0.2) is 6.61 Å². The Hall–Kier alpha value is -2.25. The molecule has 0 fully saturated rings. The Morgan fingerprint density at radius 1 is 1.38 bits per heavy atom. The van der Waals surface area contributed by atoms with Gasteiger partial charge in [-0.15, -0.1) is 0 Å². The van der Waals surface area contributed by atoms with Gasteiger partial charge in [-0.2, -0.15) is 0 Å². The van der Waals surface area contributed by atoms with Crippen molar-refractivity contribution >= 4 is 17.8 Å². The van der Waals surface area contributed by atoms with Gasteiger partial charge >= 0.3 is 5.97 Å². The molecule has 1 atom stereocenters. The fraction of sp³-hybridized carbons (Fsp3) is 0.615. The number of rotatable bonds is 7. The van der Waals surface area contributed by atoms with Crippen molar-refractivity contribution in [1.29, 1.82) is 0 Å². The molecule has 2 N–H and O–H groups in total. The van der Waals surface area contributed by atoms with E-state index in [1.807, 2.05) is 6.92 Å². The Kier molecular flexibility index (Phi) is 7.06. The third-order valence-electron chi connectivity index (χ3n) is 2.50. The Balaban J connectivity index is 2.28. The molecule has 118 valence electrons. The molecule has 0 saturated heterocycles. The first kappa shape index (κ1) is 16.8. The van der Waals surface area contributed by atoms with Crippen molar-refractivity contribution in [2.75, 3.05) is 26.4 Å². The average Bonchev–Trinajstić information content (AvgIpc) is 2.50. The highest BCUT2D eigenvalue weighted by atomic mass is 16.6.